The number of unbranched alkanes of at least 4 members (excludes halogenated alkanes) is 14. The molecule has 30 heavy (non-hydrogen) atoms. The van der Waals surface area contributed by atoms with Crippen LogP contribution in [0.2, 0.25) is 0 Å². The Morgan fingerprint density at radius 2 is 1.10 bits per heavy atom. The minimum Gasteiger partial charge on any atom is -0.480 e. The summed E-state index contributed by atoms with van der Waals surface area (Å²) in [5.41, 5.74) is 0. The van der Waals surface area contributed by atoms with E-state index in [-0.39, 0.29) is 12.8 Å². The molecule has 0 bridgehead atoms. The molecular weight excluding hydrogens is 403 g/mol. The molecule has 0 aliphatic carbocycles. The first-order valence-electron chi connectivity index (χ1n) is 12.2. The van der Waals surface area contributed by atoms with Gasteiger partial charge in [0.1, 0.15) is 0 Å². The summed E-state index contributed by atoms with van der Waals surface area (Å²) in [6.45, 7) is 4.28. The van der Waals surface area contributed by atoms with Crippen molar-refractivity contribution in [2.75, 3.05) is 0 Å². The highest BCUT2D eigenvalue weighted by Gasteiger charge is 2.58. The highest BCUT2D eigenvalue weighted by molar-refractivity contribution is 7.54. The molecule has 2 atom stereocenters. The van der Waals surface area contributed by atoms with Crippen LogP contribution in [0.15, 0.2) is 0 Å². The van der Waals surface area contributed by atoms with Crippen LogP contribution in [0.4, 0.5) is 0 Å². The van der Waals surface area contributed by atoms with Crippen LogP contribution in [-0.2, 0) is 9.36 Å². The molecule has 0 spiro atoms. The minimum atomic E-state index is -5.01. The number of hydrogen-bond donors (Lipinski definition) is 4. The predicted octanol–water partition coefficient (Wildman–Crippen LogP) is 6.41. The van der Waals surface area contributed by atoms with Crippen molar-refractivity contribution >= 4 is 13.6 Å². The predicted molar refractivity (Wildman–Crippen MR) is 123 cm³/mol. The van der Waals surface area contributed by atoms with Gasteiger partial charge in [-0.15, -0.1) is 0 Å². The van der Waals surface area contributed by atoms with Crippen molar-refractivity contribution in [1.82, 2.24) is 0 Å². The molecular formula is C23H47O6P. The molecule has 0 fully saturated rings. The van der Waals surface area contributed by atoms with Gasteiger partial charge in [-0.3, -0.25) is 9.36 Å². The molecule has 7 heteroatoms. The Kier molecular flexibility index (Phi) is 16.9. The molecule has 2 unspecified atom stereocenters. The fourth-order valence-electron chi connectivity index (χ4n) is 4.12. The molecule has 0 aromatic rings. The molecule has 6 nitrogen and oxygen atoms in total. The van der Waals surface area contributed by atoms with Gasteiger partial charge in [-0.25, -0.2) is 0 Å². The first-order chi connectivity index (χ1) is 14.2. The molecule has 0 saturated heterocycles. The first-order valence-corrected chi connectivity index (χ1v) is 13.8. The van der Waals surface area contributed by atoms with E-state index in [4.69, 9.17) is 0 Å². The number of hydrogen-bond acceptors (Lipinski definition) is 3. The lowest BCUT2D eigenvalue weighted by Gasteiger charge is -2.34. The van der Waals surface area contributed by atoms with E-state index in [1.165, 1.54) is 44.9 Å². The number of aliphatic carboxylic acids is 1. The lowest BCUT2D eigenvalue weighted by Crippen LogP contribution is -2.49. The second-order valence-corrected chi connectivity index (χ2v) is 10.7. The van der Waals surface area contributed by atoms with Gasteiger partial charge in [0, 0.05) is 0 Å². The maximum Gasteiger partial charge on any atom is 0.345 e. The second kappa shape index (κ2) is 17.2. The van der Waals surface area contributed by atoms with Crippen molar-refractivity contribution in [1.29, 1.82) is 0 Å². The van der Waals surface area contributed by atoms with E-state index in [1.807, 2.05) is 0 Å². The second-order valence-electron chi connectivity index (χ2n) is 8.78. The Morgan fingerprint density at radius 3 is 1.47 bits per heavy atom. The van der Waals surface area contributed by atoms with Crippen LogP contribution in [0.1, 0.15) is 129 Å². The molecule has 0 saturated carbocycles. The van der Waals surface area contributed by atoms with Crippen LogP contribution < -0.4 is 0 Å². The van der Waals surface area contributed by atoms with Gasteiger partial charge in [0.2, 0.25) is 0 Å². The average Bonchev–Trinajstić information content (AvgIpc) is 2.67. The van der Waals surface area contributed by atoms with E-state index in [1.54, 1.807) is 0 Å². The molecule has 0 aromatic heterocycles. The standard InChI is InChI=1S/C23H47O6P/c1-3-5-7-9-10-11-12-13-14-15-17-19-21(24)23(22(25)26,30(27,28)29)20-18-16-8-6-4-2/h21,24H,3-20H2,1-2H3,(H,25,26)(H2,27,28,29). The van der Waals surface area contributed by atoms with Gasteiger partial charge in [-0.2, -0.15) is 0 Å². The number of aliphatic hydroxyl groups excluding tert-OH is 1. The zero-order valence-electron chi connectivity index (χ0n) is 19.4. The summed E-state index contributed by atoms with van der Waals surface area (Å²) in [7, 11) is -5.01. The van der Waals surface area contributed by atoms with Gasteiger partial charge >= 0.3 is 13.6 Å². The van der Waals surface area contributed by atoms with Crippen molar-refractivity contribution in [3.8, 4) is 0 Å². The van der Waals surface area contributed by atoms with Crippen LogP contribution >= 0.6 is 7.60 Å². The normalized spacial score (nSPS) is 15.1. The summed E-state index contributed by atoms with van der Waals surface area (Å²) in [6, 6.07) is 0. The zero-order chi connectivity index (χ0) is 22.9. The monoisotopic (exact) mass is 450 g/mol. The highest BCUT2D eigenvalue weighted by Crippen LogP contribution is 2.56. The largest absolute Gasteiger partial charge is 0.480 e. The Balaban J connectivity index is 4.37. The van der Waals surface area contributed by atoms with Gasteiger partial charge < -0.3 is 20.0 Å². The summed E-state index contributed by atoms with van der Waals surface area (Å²) in [4.78, 5) is 31.5. The van der Waals surface area contributed by atoms with Crippen molar-refractivity contribution in [2.45, 2.75) is 141 Å². The third kappa shape index (κ3) is 11.3. The zero-order valence-corrected chi connectivity index (χ0v) is 20.3. The van der Waals surface area contributed by atoms with Gasteiger partial charge in [0.15, 0.2) is 5.16 Å². The summed E-state index contributed by atoms with van der Waals surface area (Å²) in [5.74, 6) is -1.58. The fraction of sp³-hybridized carbons (Fsp3) is 0.957. The van der Waals surface area contributed by atoms with Crippen LogP contribution in [0.5, 0.6) is 0 Å². The average molecular weight is 451 g/mol. The molecule has 0 aliphatic heterocycles. The quantitative estimate of drug-likeness (QED) is 0.119. The van der Waals surface area contributed by atoms with E-state index in [9.17, 15) is 29.4 Å². The van der Waals surface area contributed by atoms with Crippen molar-refractivity contribution in [3.05, 3.63) is 0 Å². The summed E-state index contributed by atoms with van der Waals surface area (Å²) in [6.07, 6.45) is 14.9. The van der Waals surface area contributed by atoms with Crippen LogP contribution in [-0.4, -0.2) is 37.2 Å². The maximum atomic E-state index is 12.1. The lowest BCUT2D eigenvalue weighted by molar-refractivity contribution is -0.144. The highest BCUT2D eigenvalue weighted by atomic mass is 31.2. The van der Waals surface area contributed by atoms with E-state index < -0.39 is 24.8 Å². The van der Waals surface area contributed by atoms with Crippen molar-refractivity contribution in [2.24, 2.45) is 0 Å². The molecule has 0 rings (SSSR count). The van der Waals surface area contributed by atoms with E-state index >= 15 is 0 Å². The van der Waals surface area contributed by atoms with Crippen LogP contribution in [0, 0.1) is 0 Å². The number of rotatable bonds is 21. The molecule has 0 radical (unpaired) electrons. The molecule has 0 aromatic carbocycles. The minimum absolute atomic E-state index is 0.114. The van der Waals surface area contributed by atoms with Crippen LogP contribution in [0.25, 0.3) is 0 Å². The molecule has 180 valence electrons. The van der Waals surface area contributed by atoms with Gasteiger partial charge in [0.25, 0.3) is 0 Å². The third-order valence-corrected chi connectivity index (χ3v) is 7.94. The molecule has 4 N–H and O–H groups in total. The third-order valence-electron chi connectivity index (χ3n) is 6.18. The topological polar surface area (TPSA) is 115 Å². The molecule has 0 amide bonds. The van der Waals surface area contributed by atoms with E-state index in [2.05, 4.69) is 13.8 Å². The number of aliphatic hydroxyl groups is 1. The maximum absolute atomic E-state index is 12.1. The Morgan fingerprint density at radius 1 is 0.733 bits per heavy atom. The van der Waals surface area contributed by atoms with Crippen molar-refractivity contribution in [3.63, 3.8) is 0 Å². The smallest absolute Gasteiger partial charge is 0.345 e. The number of carbonyl (C=O) groups is 1. The molecule has 0 heterocycles. The van der Waals surface area contributed by atoms with Gasteiger partial charge in [0.05, 0.1) is 6.10 Å². The number of carboxylic acids is 1. The van der Waals surface area contributed by atoms with Gasteiger partial charge in [-0.1, -0.05) is 117 Å². The summed E-state index contributed by atoms with van der Waals surface area (Å²) < 4.78 is 12.1. The Bertz CT molecular complexity index is 478. The SMILES string of the molecule is CCCCCCCCCCCCCC(O)C(CCCCCCC)(C(=O)O)P(=O)(O)O. The van der Waals surface area contributed by atoms with Gasteiger partial charge in [-0.05, 0) is 12.8 Å². The van der Waals surface area contributed by atoms with Crippen LogP contribution in [0.3, 0.4) is 0 Å². The Labute approximate surface area is 184 Å². The molecule has 0 aliphatic rings. The first kappa shape index (κ1) is 29.6. The number of carboxylic acid groups (broad SMARTS) is 1. The van der Waals surface area contributed by atoms with Crippen molar-refractivity contribution < 1.29 is 29.4 Å². The lowest BCUT2D eigenvalue weighted by atomic mass is 9.90. The summed E-state index contributed by atoms with van der Waals surface area (Å²) >= 11 is 0. The van der Waals surface area contributed by atoms with E-state index in [0.29, 0.717) is 19.3 Å². The van der Waals surface area contributed by atoms with E-state index in [0.717, 1.165) is 38.5 Å². The summed E-state index contributed by atoms with van der Waals surface area (Å²) in [5, 5.41) is 17.8. The Hall–Kier alpha value is -0.420. The fourth-order valence-corrected chi connectivity index (χ4v) is 5.34.